The van der Waals surface area contributed by atoms with E-state index in [4.69, 9.17) is 0 Å². The molecule has 3 rings (SSSR count). The average molecular weight is 513 g/mol. The minimum absolute atomic E-state index is 0. The number of amides is 1. The summed E-state index contributed by atoms with van der Waals surface area (Å²) in [6.45, 7) is 10.5. The summed E-state index contributed by atoms with van der Waals surface area (Å²) in [5, 5.41) is 3.50. The van der Waals surface area contributed by atoms with Gasteiger partial charge in [-0.1, -0.05) is 29.8 Å². The van der Waals surface area contributed by atoms with Crippen LogP contribution in [0.2, 0.25) is 0 Å². The lowest BCUT2D eigenvalue weighted by Crippen LogP contribution is -2.57. The second-order valence-electron chi connectivity index (χ2n) is 7.94. The Labute approximate surface area is 192 Å². The van der Waals surface area contributed by atoms with Crippen molar-refractivity contribution in [3.05, 3.63) is 35.4 Å². The summed E-state index contributed by atoms with van der Waals surface area (Å²) >= 11 is 0. The highest BCUT2D eigenvalue weighted by atomic mass is 127. The first-order chi connectivity index (χ1) is 13.6. The third-order valence-electron chi connectivity index (χ3n) is 5.97. The van der Waals surface area contributed by atoms with Crippen molar-refractivity contribution in [2.24, 2.45) is 4.99 Å². The van der Waals surface area contributed by atoms with Crippen LogP contribution in [0.4, 0.5) is 0 Å². The number of carbonyl (C=O) groups is 1. The first-order valence-corrected chi connectivity index (χ1v) is 10.6. The fraction of sp³-hybridized carbons (Fsp3) is 0.636. The minimum atomic E-state index is -0.0169. The number of piperazine rings is 1. The summed E-state index contributed by atoms with van der Waals surface area (Å²) in [4.78, 5) is 23.8. The Balaban J connectivity index is 0.00000300. The molecule has 0 radical (unpaired) electrons. The molecule has 162 valence electrons. The summed E-state index contributed by atoms with van der Waals surface area (Å²) in [6, 6.07) is 8.69. The molecule has 6 nitrogen and oxygen atoms in total. The average Bonchev–Trinajstić information content (AvgIpc) is 3.26. The van der Waals surface area contributed by atoms with Gasteiger partial charge in [0.1, 0.15) is 0 Å². The minimum Gasteiger partial charge on any atom is -0.356 e. The van der Waals surface area contributed by atoms with Crippen LogP contribution in [0, 0.1) is 6.92 Å². The molecule has 1 atom stereocenters. The first-order valence-electron chi connectivity index (χ1n) is 10.6. The van der Waals surface area contributed by atoms with E-state index in [0.717, 1.165) is 71.0 Å². The Morgan fingerprint density at radius 2 is 1.66 bits per heavy atom. The number of hydrogen-bond acceptors (Lipinski definition) is 3. The van der Waals surface area contributed by atoms with E-state index in [1.54, 1.807) is 0 Å². The van der Waals surface area contributed by atoms with Gasteiger partial charge in [0.15, 0.2) is 5.96 Å². The van der Waals surface area contributed by atoms with Gasteiger partial charge in [0, 0.05) is 52.9 Å². The summed E-state index contributed by atoms with van der Waals surface area (Å²) < 4.78 is 0. The normalized spacial score (nSPS) is 19.1. The quantitative estimate of drug-likeness (QED) is 0.373. The zero-order valence-corrected chi connectivity index (χ0v) is 20.4. The van der Waals surface area contributed by atoms with Crippen molar-refractivity contribution < 1.29 is 4.79 Å². The number of halogens is 1. The van der Waals surface area contributed by atoms with Crippen LogP contribution in [-0.4, -0.2) is 85.5 Å². The maximum Gasteiger partial charge on any atom is 0.239 e. The molecule has 2 fully saturated rings. The van der Waals surface area contributed by atoms with Gasteiger partial charge < -0.3 is 15.1 Å². The molecular weight excluding hydrogens is 477 g/mol. The summed E-state index contributed by atoms with van der Waals surface area (Å²) in [6.07, 6.45) is 3.29. The van der Waals surface area contributed by atoms with Crippen molar-refractivity contribution in [1.29, 1.82) is 0 Å². The van der Waals surface area contributed by atoms with E-state index < -0.39 is 0 Å². The summed E-state index contributed by atoms with van der Waals surface area (Å²) in [5.41, 5.74) is 2.63. The fourth-order valence-electron chi connectivity index (χ4n) is 4.08. The zero-order chi connectivity index (χ0) is 19.9. The van der Waals surface area contributed by atoms with Gasteiger partial charge >= 0.3 is 0 Å². The highest BCUT2D eigenvalue weighted by molar-refractivity contribution is 14.0. The molecule has 2 aliphatic rings. The Bertz CT molecular complexity index is 664. The molecule has 29 heavy (non-hydrogen) atoms. The molecule has 1 aromatic rings. The maximum atomic E-state index is 12.6. The van der Waals surface area contributed by atoms with E-state index in [1.165, 1.54) is 11.1 Å². The molecule has 0 bridgehead atoms. The van der Waals surface area contributed by atoms with Crippen molar-refractivity contribution in [1.82, 2.24) is 20.0 Å². The molecule has 0 aliphatic carbocycles. The Hall–Kier alpha value is -1.35. The van der Waals surface area contributed by atoms with E-state index in [1.807, 2.05) is 11.9 Å². The lowest BCUT2D eigenvalue weighted by Gasteiger charge is -2.39. The zero-order valence-electron chi connectivity index (χ0n) is 18.1. The molecule has 2 heterocycles. The molecule has 1 N–H and O–H groups in total. The maximum absolute atomic E-state index is 12.6. The number of likely N-dealkylation sites (tertiary alicyclic amines) is 1. The van der Waals surface area contributed by atoms with Gasteiger partial charge in [-0.25, -0.2) is 0 Å². The SMILES string of the molecule is CN=C(NCCc1ccc(C)cc1)N1CCN(C(C)C(=O)N2CCCC2)CC1.I. The topological polar surface area (TPSA) is 51.2 Å². The molecule has 7 heteroatoms. The smallest absolute Gasteiger partial charge is 0.239 e. The monoisotopic (exact) mass is 513 g/mol. The third kappa shape index (κ3) is 6.57. The van der Waals surface area contributed by atoms with Crippen molar-refractivity contribution in [3.8, 4) is 0 Å². The van der Waals surface area contributed by atoms with E-state index in [9.17, 15) is 4.79 Å². The molecule has 2 aliphatic heterocycles. The number of benzene rings is 1. The number of nitrogens with one attached hydrogen (secondary N) is 1. The number of guanidine groups is 1. The van der Waals surface area contributed by atoms with Crippen LogP contribution >= 0.6 is 24.0 Å². The van der Waals surface area contributed by atoms with Crippen molar-refractivity contribution in [2.45, 2.75) is 39.2 Å². The molecule has 0 spiro atoms. The van der Waals surface area contributed by atoms with E-state index in [0.29, 0.717) is 5.91 Å². The first kappa shape index (κ1) is 23.9. The van der Waals surface area contributed by atoms with E-state index >= 15 is 0 Å². The van der Waals surface area contributed by atoms with Crippen molar-refractivity contribution >= 4 is 35.8 Å². The Morgan fingerprint density at radius 1 is 1.03 bits per heavy atom. The Morgan fingerprint density at radius 3 is 2.24 bits per heavy atom. The van der Waals surface area contributed by atoms with Gasteiger partial charge in [0.2, 0.25) is 5.91 Å². The lowest BCUT2D eigenvalue weighted by atomic mass is 10.1. The molecule has 1 amide bonds. The van der Waals surface area contributed by atoms with Crippen LogP contribution in [0.15, 0.2) is 29.3 Å². The summed E-state index contributed by atoms with van der Waals surface area (Å²) in [7, 11) is 1.85. The molecular formula is C22H36IN5O. The van der Waals surface area contributed by atoms with E-state index in [2.05, 4.69) is 58.2 Å². The summed E-state index contributed by atoms with van der Waals surface area (Å²) in [5.74, 6) is 1.26. The molecule has 0 aromatic heterocycles. The molecule has 2 saturated heterocycles. The van der Waals surface area contributed by atoms with Crippen LogP contribution in [0.1, 0.15) is 30.9 Å². The molecule has 1 aromatic carbocycles. The van der Waals surface area contributed by atoms with Crippen LogP contribution in [-0.2, 0) is 11.2 Å². The van der Waals surface area contributed by atoms with Gasteiger partial charge in [-0.15, -0.1) is 24.0 Å². The van der Waals surface area contributed by atoms with Gasteiger partial charge in [0.05, 0.1) is 6.04 Å². The van der Waals surface area contributed by atoms with Crippen molar-refractivity contribution in [2.75, 3.05) is 52.9 Å². The second-order valence-corrected chi connectivity index (χ2v) is 7.94. The second kappa shape index (κ2) is 11.7. The largest absolute Gasteiger partial charge is 0.356 e. The highest BCUT2D eigenvalue weighted by Crippen LogP contribution is 2.14. The standard InChI is InChI=1S/C22H35N5O.HI/c1-18-6-8-20(9-7-18)10-11-24-22(23-3)27-16-14-25(15-17-27)19(2)21(28)26-12-4-5-13-26;/h6-9,19H,4-5,10-17H2,1-3H3,(H,23,24);1H. The van der Waals surface area contributed by atoms with Gasteiger partial charge in [0.25, 0.3) is 0 Å². The van der Waals surface area contributed by atoms with Crippen molar-refractivity contribution in [3.63, 3.8) is 0 Å². The number of rotatable bonds is 5. The third-order valence-corrected chi connectivity index (χ3v) is 5.97. The molecule has 1 unspecified atom stereocenters. The predicted octanol–water partition coefficient (Wildman–Crippen LogP) is 2.36. The Kier molecular flexibility index (Phi) is 9.68. The molecule has 0 saturated carbocycles. The van der Waals surface area contributed by atoms with Crippen LogP contribution < -0.4 is 5.32 Å². The van der Waals surface area contributed by atoms with Gasteiger partial charge in [-0.05, 0) is 38.7 Å². The number of nitrogens with zero attached hydrogens (tertiary/aromatic N) is 4. The van der Waals surface area contributed by atoms with Crippen LogP contribution in [0.5, 0.6) is 0 Å². The van der Waals surface area contributed by atoms with Gasteiger partial charge in [-0.3, -0.25) is 14.7 Å². The van der Waals surface area contributed by atoms with Crippen LogP contribution in [0.3, 0.4) is 0 Å². The highest BCUT2D eigenvalue weighted by Gasteiger charge is 2.30. The lowest BCUT2D eigenvalue weighted by molar-refractivity contribution is -0.135. The number of aryl methyl sites for hydroxylation is 1. The number of carbonyl (C=O) groups excluding carboxylic acids is 1. The predicted molar refractivity (Wildman–Crippen MR) is 130 cm³/mol. The number of aliphatic imine (C=N–C) groups is 1. The van der Waals surface area contributed by atoms with Crippen LogP contribution in [0.25, 0.3) is 0 Å². The fourth-order valence-corrected chi connectivity index (χ4v) is 4.08. The van der Waals surface area contributed by atoms with E-state index in [-0.39, 0.29) is 30.0 Å². The van der Waals surface area contributed by atoms with Gasteiger partial charge in [-0.2, -0.15) is 0 Å². The number of hydrogen-bond donors (Lipinski definition) is 1.